The van der Waals surface area contributed by atoms with E-state index in [1.807, 2.05) is 24.3 Å². The van der Waals surface area contributed by atoms with Crippen molar-refractivity contribution < 1.29 is 18.7 Å². The number of benzene rings is 1. The van der Waals surface area contributed by atoms with Crippen LogP contribution in [-0.4, -0.2) is 19.2 Å². The van der Waals surface area contributed by atoms with Gasteiger partial charge in [0.05, 0.1) is 0 Å². The molecule has 1 aromatic heterocycles. The predicted molar refractivity (Wildman–Crippen MR) is 75.0 cm³/mol. The largest absolute Gasteiger partial charge is 0.490 e. The van der Waals surface area contributed by atoms with E-state index in [-0.39, 0.29) is 12.4 Å². The number of ether oxygens (including phenoxy) is 2. The zero-order valence-corrected chi connectivity index (χ0v) is 11.7. The van der Waals surface area contributed by atoms with Crippen molar-refractivity contribution in [2.24, 2.45) is 0 Å². The Balaban J connectivity index is 1.74. The number of hydrogen-bond donors (Lipinski definition) is 0. The molecule has 0 aliphatic carbocycles. The van der Waals surface area contributed by atoms with E-state index in [1.54, 1.807) is 19.1 Å². The fraction of sp³-hybridized carbons (Fsp3) is 0.312. The summed E-state index contributed by atoms with van der Waals surface area (Å²) in [7, 11) is 0. The molecule has 0 aliphatic rings. The van der Waals surface area contributed by atoms with E-state index in [1.165, 1.54) is 5.56 Å². The van der Waals surface area contributed by atoms with E-state index in [9.17, 15) is 4.79 Å². The molecule has 0 saturated heterocycles. The molecule has 4 nitrogen and oxygen atoms in total. The van der Waals surface area contributed by atoms with Gasteiger partial charge in [0.25, 0.3) is 0 Å². The fourth-order valence-corrected chi connectivity index (χ4v) is 1.76. The van der Waals surface area contributed by atoms with E-state index < -0.39 is 5.97 Å². The zero-order valence-electron chi connectivity index (χ0n) is 11.7. The minimum atomic E-state index is -0.469. The van der Waals surface area contributed by atoms with E-state index in [0.29, 0.717) is 12.4 Å². The summed E-state index contributed by atoms with van der Waals surface area (Å²) >= 11 is 0. The Labute approximate surface area is 118 Å². The van der Waals surface area contributed by atoms with Crippen LogP contribution in [0.2, 0.25) is 0 Å². The van der Waals surface area contributed by atoms with Gasteiger partial charge in [-0.2, -0.15) is 0 Å². The predicted octanol–water partition coefficient (Wildman–Crippen LogP) is 3.39. The van der Waals surface area contributed by atoms with Crippen molar-refractivity contribution >= 4 is 5.97 Å². The number of furan rings is 1. The van der Waals surface area contributed by atoms with Gasteiger partial charge in [-0.3, -0.25) is 0 Å². The summed E-state index contributed by atoms with van der Waals surface area (Å²) < 4.78 is 15.8. The molecule has 0 fully saturated rings. The average molecular weight is 274 g/mol. The summed E-state index contributed by atoms with van der Waals surface area (Å²) in [5, 5.41) is 0. The Hall–Kier alpha value is -2.23. The van der Waals surface area contributed by atoms with Crippen molar-refractivity contribution in [2.45, 2.75) is 20.3 Å². The van der Waals surface area contributed by atoms with E-state index in [4.69, 9.17) is 13.9 Å². The second-order valence-corrected chi connectivity index (χ2v) is 4.40. The summed E-state index contributed by atoms with van der Waals surface area (Å²) in [5.74, 6) is 1.22. The quantitative estimate of drug-likeness (QED) is 0.598. The van der Waals surface area contributed by atoms with Crippen LogP contribution < -0.4 is 4.74 Å². The molecule has 1 aromatic carbocycles. The lowest BCUT2D eigenvalue weighted by molar-refractivity contribution is 0.0413. The second kappa shape index (κ2) is 6.80. The SMILES string of the molecule is CCc1cccc(OCCOC(=O)c2ccc(C)o2)c1. The molecule has 0 unspecified atom stereocenters. The van der Waals surface area contributed by atoms with Gasteiger partial charge in [-0.15, -0.1) is 0 Å². The van der Waals surface area contributed by atoms with Crippen LogP contribution in [-0.2, 0) is 11.2 Å². The van der Waals surface area contributed by atoms with Crippen molar-refractivity contribution in [1.29, 1.82) is 0 Å². The standard InChI is InChI=1S/C16H18O4/c1-3-13-5-4-6-14(11-13)18-9-10-19-16(17)15-8-7-12(2)20-15/h4-8,11H,3,9-10H2,1-2H3. The number of aryl methyl sites for hydroxylation is 2. The van der Waals surface area contributed by atoms with Crippen molar-refractivity contribution in [3.63, 3.8) is 0 Å². The molecule has 0 spiro atoms. The summed E-state index contributed by atoms with van der Waals surface area (Å²) in [5.41, 5.74) is 1.21. The third-order valence-corrected chi connectivity index (χ3v) is 2.83. The summed E-state index contributed by atoms with van der Waals surface area (Å²) in [6.45, 7) is 4.38. The lowest BCUT2D eigenvalue weighted by Gasteiger charge is -2.07. The third kappa shape index (κ3) is 3.88. The Kier molecular flexibility index (Phi) is 4.82. The monoisotopic (exact) mass is 274 g/mol. The normalized spacial score (nSPS) is 10.3. The van der Waals surface area contributed by atoms with Gasteiger partial charge < -0.3 is 13.9 Å². The molecule has 20 heavy (non-hydrogen) atoms. The van der Waals surface area contributed by atoms with Gasteiger partial charge in [-0.1, -0.05) is 19.1 Å². The minimum absolute atomic E-state index is 0.189. The molecule has 0 saturated carbocycles. The first-order valence-corrected chi connectivity index (χ1v) is 6.64. The third-order valence-electron chi connectivity index (χ3n) is 2.83. The Morgan fingerprint density at radius 3 is 2.75 bits per heavy atom. The van der Waals surface area contributed by atoms with Crippen LogP contribution in [0.4, 0.5) is 0 Å². The number of carbonyl (C=O) groups is 1. The van der Waals surface area contributed by atoms with Crippen LogP contribution in [0.15, 0.2) is 40.8 Å². The van der Waals surface area contributed by atoms with Crippen molar-refractivity contribution in [3.05, 3.63) is 53.5 Å². The number of rotatable bonds is 6. The number of carbonyl (C=O) groups excluding carboxylic acids is 1. The van der Waals surface area contributed by atoms with Gasteiger partial charge in [0.1, 0.15) is 24.7 Å². The molecule has 2 aromatic rings. The van der Waals surface area contributed by atoms with Gasteiger partial charge >= 0.3 is 5.97 Å². The van der Waals surface area contributed by atoms with Crippen LogP contribution in [0, 0.1) is 6.92 Å². The Morgan fingerprint density at radius 2 is 2.05 bits per heavy atom. The molecule has 0 aliphatic heterocycles. The molecule has 0 N–H and O–H groups in total. The van der Waals surface area contributed by atoms with Gasteiger partial charge in [-0.25, -0.2) is 4.79 Å². The molecule has 1 heterocycles. The van der Waals surface area contributed by atoms with Gasteiger partial charge in [-0.05, 0) is 43.2 Å². The van der Waals surface area contributed by atoms with Gasteiger partial charge in [0.2, 0.25) is 5.76 Å². The minimum Gasteiger partial charge on any atom is -0.490 e. The highest BCUT2D eigenvalue weighted by Gasteiger charge is 2.11. The van der Waals surface area contributed by atoms with E-state index in [2.05, 4.69) is 6.92 Å². The van der Waals surface area contributed by atoms with Crippen molar-refractivity contribution in [3.8, 4) is 5.75 Å². The second-order valence-electron chi connectivity index (χ2n) is 4.40. The van der Waals surface area contributed by atoms with Crippen LogP contribution in [0.1, 0.15) is 28.8 Å². The maximum absolute atomic E-state index is 11.6. The lowest BCUT2D eigenvalue weighted by Crippen LogP contribution is -2.11. The number of esters is 1. The molecule has 0 atom stereocenters. The summed E-state index contributed by atoms with van der Waals surface area (Å²) in [6, 6.07) is 11.2. The Bertz CT molecular complexity index is 571. The Morgan fingerprint density at radius 1 is 1.20 bits per heavy atom. The highest BCUT2D eigenvalue weighted by atomic mass is 16.6. The maximum Gasteiger partial charge on any atom is 0.374 e. The highest BCUT2D eigenvalue weighted by Crippen LogP contribution is 2.13. The number of hydrogen-bond acceptors (Lipinski definition) is 4. The molecular formula is C16H18O4. The van der Waals surface area contributed by atoms with E-state index in [0.717, 1.165) is 12.2 Å². The van der Waals surface area contributed by atoms with Gasteiger partial charge in [0.15, 0.2) is 0 Å². The van der Waals surface area contributed by atoms with Crippen LogP contribution in [0.3, 0.4) is 0 Å². The fourth-order valence-electron chi connectivity index (χ4n) is 1.76. The van der Waals surface area contributed by atoms with Crippen LogP contribution in [0.5, 0.6) is 5.75 Å². The van der Waals surface area contributed by atoms with E-state index >= 15 is 0 Å². The molecule has 0 bridgehead atoms. The van der Waals surface area contributed by atoms with Crippen LogP contribution in [0.25, 0.3) is 0 Å². The summed E-state index contributed by atoms with van der Waals surface area (Å²) in [6.07, 6.45) is 0.962. The molecule has 0 amide bonds. The van der Waals surface area contributed by atoms with Crippen molar-refractivity contribution in [1.82, 2.24) is 0 Å². The first kappa shape index (κ1) is 14.2. The van der Waals surface area contributed by atoms with Crippen molar-refractivity contribution in [2.75, 3.05) is 13.2 Å². The zero-order chi connectivity index (χ0) is 14.4. The first-order chi connectivity index (χ1) is 9.69. The maximum atomic E-state index is 11.6. The molecule has 2 rings (SSSR count). The highest BCUT2D eigenvalue weighted by molar-refractivity contribution is 5.86. The van der Waals surface area contributed by atoms with Crippen LogP contribution >= 0.6 is 0 Å². The molecule has 106 valence electrons. The van der Waals surface area contributed by atoms with Gasteiger partial charge in [0, 0.05) is 0 Å². The smallest absolute Gasteiger partial charge is 0.374 e. The first-order valence-electron chi connectivity index (χ1n) is 6.64. The molecule has 0 radical (unpaired) electrons. The molecule has 4 heteroatoms. The topological polar surface area (TPSA) is 48.7 Å². The summed E-state index contributed by atoms with van der Waals surface area (Å²) in [4.78, 5) is 11.6. The molecular weight excluding hydrogens is 256 g/mol. The average Bonchev–Trinajstić information content (AvgIpc) is 2.90. The lowest BCUT2D eigenvalue weighted by atomic mass is 10.2.